The van der Waals surface area contributed by atoms with Gasteiger partial charge in [0.05, 0.1) is 6.61 Å². The Hall–Kier alpha value is -1.94. The third kappa shape index (κ3) is 4.26. The molecule has 0 saturated heterocycles. The van der Waals surface area contributed by atoms with Gasteiger partial charge < -0.3 is 10.1 Å². The minimum Gasteiger partial charge on any atom is -0.493 e. The highest BCUT2D eigenvalue weighted by Crippen LogP contribution is 2.23. The maximum Gasteiger partial charge on any atom is 0.123 e. The van der Waals surface area contributed by atoms with Gasteiger partial charge in [-0.3, -0.25) is 4.98 Å². The van der Waals surface area contributed by atoms with Gasteiger partial charge in [0, 0.05) is 37.0 Å². The van der Waals surface area contributed by atoms with Crippen molar-refractivity contribution in [1.29, 1.82) is 0 Å². The fraction of sp³-hybridized carbons (Fsp3) is 0.353. The zero-order chi connectivity index (χ0) is 14.5. The molecule has 0 radical (unpaired) electrons. The summed E-state index contributed by atoms with van der Waals surface area (Å²) in [5, 5.41) is 3.39. The minimum absolute atomic E-state index is 0.220. The number of nitrogens with one attached hydrogen (secondary N) is 1. The van der Waals surface area contributed by atoms with Crippen LogP contribution in [0.25, 0.3) is 0 Å². The van der Waals surface area contributed by atoms with E-state index >= 15 is 0 Å². The number of nitrogens with zero attached hydrogens (tertiary/aromatic N) is 1. The number of hydrogen-bond acceptors (Lipinski definition) is 3. The second-order valence-corrected chi connectivity index (χ2v) is 5.37. The van der Waals surface area contributed by atoms with Crippen LogP contribution in [0.15, 0.2) is 42.7 Å². The van der Waals surface area contributed by atoms with Crippen molar-refractivity contribution in [3.8, 4) is 5.75 Å². The van der Waals surface area contributed by atoms with E-state index in [1.54, 1.807) is 18.3 Å². The van der Waals surface area contributed by atoms with Gasteiger partial charge in [-0.1, -0.05) is 6.07 Å². The molecule has 3 nitrogen and oxygen atoms in total. The molecule has 0 amide bonds. The molecule has 0 bridgehead atoms. The predicted octanol–water partition coefficient (Wildman–Crippen LogP) is 3.09. The maximum absolute atomic E-state index is 13.4. The van der Waals surface area contributed by atoms with Crippen molar-refractivity contribution in [3.63, 3.8) is 0 Å². The zero-order valence-electron chi connectivity index (χ0n) is 11.9. The molecule has 1 aliphatic carbocycles. The van der Waals surface area contributed by atoms with Crippen molar-refractivity contribution < 1.29 is 9.13 Å². The lowest BCUT2D eigenvalue weighted by Crippen LogP contribution is -2.16. The summed E-state index contributed by atoms with van der Waals surface area (Å²) in [6.07, 6.45) is 6.81. The SMILES string of the molecule is Fc1ccc(OCCc2cccnc2)c(CNC2CC2)c1. The molecule has 1 aromatic carbocycles. The highest BCUT2D eigenvalue weighted by atomic mass is 19.1. The number of benzene rings is 1. The van der Waals surface area contributed by atoms with Crippen LogP contribution in [0.1, 0.15) is 24.0 Å². The van der Waals surface area contributed by atoms with Crippen molar-refractivity contribution in [2.24, 2.45) is 0 Å². The molecule has 1 saturated carbocycles. The van der Waals surface area contributed by atoms with Gasteiger partial charge in [-0.25, -0.2) is 4.39 Å². The largest absolute Gasteiger partial charge is 0.493 e. The number of halogens is 1. The van der Waals surface area contributed by atoms with Crippen LogP contribution in [0.5, 0.6) is 5.75 Å². The topological polar surface area (TPSA) is 34.1 Å². The smallest absolute Gasteiger partial charge is 0.123 e. The molecule has 0 unspecified atom stereocenters. The quantitative estimate of drug-likeness (QED) is 0.849. The number of aromatic nitrogens is 1. The average molecular weight is 286 g/mol. The molecule has 2 aromatic rings. The molecule has 110 valence electrons. The van der Waals surface area contributed by atoms with Gasteiger partial charge in [0.1, 0.15) is 11.6 Å². The van der Waals surface area contributed by atoms with Gasteiger partial charge in [0.15, 0.2) is 0 Å². The molecular formula is C17H19FN2O. The maximum atomic E-state index is 13.4. The van der Waals surface area contributed by atoms with Gasteiger partial charge in [-0.05, 0) is 42.7 Å². The van der Waals surface area contributed by atoms with Gasteiger partial charge in [-0.15, -0.1) is 0 Å². The van der Waals surface area contributed by atoms with Gasteiger partial charge >= 0.3 is 0 Å². The normalized spacial score (nSPS) is 14.1. The lowest BCUT2D eigenvalue weighted by Gasteiger charge is -2.12. The van der Waals surface area contributed by atoms with Crippen molar-refractivity contribution in [1.82, 2.24) is 10.3 Å². The number of ether oxygens (including phenoxy) is 1. The molecule has 0 atom stereocenters. The minimum atomic E-state index is -0.220. The third-order valence-electron chi connectivity index (χ3n) is 3.55. The molecule has 0 spiro atoms. The number of pyridine rings is 1. The Bertz CT molecular complexity index is 585. The lowest BCUT2D eigenvalue weighted by molar-refractivity contribution is 0.317. The summed E-state index contributed by atoms with van der Waals surface area (Å²) in [6, 6.07) is 9.24. The summed E-state index contributed by atoms with van der Waals surface area (Å²) in [5.41, 5.74) is 2.02. The highest BCUT2D eigenvalue weighted by Gasteiger charge is 2.20. The van der Waals surface area contributed by atoms with E-state index in [1.807, 2.05) is 18.3 Å². The van der Waals surface area contributed by atoms with Crippen LogP contribution < -0.4 is 10.1 Å². The summed E-state index contributed by atoms with van der Waals surface area (Å²) in [7, 11) is 0. The van der Waals surface area contributed by atoms with E-state index in [2.05, 4.69) is 10.3 Å². The van der Waals surface area contributed by atoms with E-state index in [0.717, 1.165) is 23.3 Å². The first kappa shape index (κ1) is 14.0. The molecule has 1 N–H and O–H groups in total. The number of hydrogen-bond donors (Lipinski definition) is 1. The lowest BCUT2D eigenvalue weighted by atomic mass is 10.2. The van der Waals surface area contributed by atoms with Crippen LogP contribution in [0.2, 0.25) is 0 Å². The summed E-state index contributed by atoms with van der Waals surface area (Å²) in [5.74, 6) is 0.538. The molecule has 0 aliphatic heterocycles. The van der Waals surface area contributed by atoms with Crippen molar-refractivity contribution >= 4 is 0 Å². The summed E-state index contributed by atoms with van der Waals surface area (Å²) >= 11 is 0. The van der Waals surface area contributed by atoms with Crippen LogP contribution in [-0.4, -0.2) is 17.6 Å². The van der Waals surface area contributed by atoms with Crippen molar-refractivity contribution in [2.45, 2.75) is 31.8 Å². The third-order valence-corrected chi connectivity index (χ3v) is 3.55. The molecule has 1 aromatic heterocycles. The van der Waals surface area contributed by atoms with Crippen molar-refractivity contribution in [3.05, 3.63) is 59.7 Å². The molecule has 1 aliphatic rings. The predicted molar refractivity (Wildman–Crippen MR) is 79.7 cm³/mol. The Morgan fingerprint density at radius 2 is 2.19 bits per heavy atom. The van der Waals surface area contributed by atoms with Crippen molar-refractivity contribution in [2.75, 3.05) is 6.61 Å². The molecule has 3 rings (SSSR count). The molecular weight excluding hydrogens is 267 g/mol. The Labute approximate surface area is 124 Å². The van der Waals surface area contributed by atoms with E-state index in [4.69, 9.17) is 4.74 Å². The molecule has 1 fully saturated rings. The average Bonchev–Trinajstić information content (AvgIpc) is 3.32. The van der Waals surface area contributed by atoms with E-state index in [-0.39, 0.29) is 5.82 Å². The monoisotopic (exact) mass is 286 g/mol. The first-order valence-electron chi connectivity index (χ1n) is 7.35. The van der Waals surface area contributed by atoms with Crippen LogP contribution >= 0.6 is 0 Å². The Morgan fingerprint density at radius 3 is 2.95 bits per heavy atom. The van der Waals surface area contributed by atoms with E-state index in [0.29, 0.717) is 19.2 Å². The first-order valence-corrected chi connectivity index (χ1v) is 7.35. The van der Waals surface area contributed by atoms with Gasteiger partial charge in [0.25, 0.3) is 0 Å². The van der Waals surface area contributed by atoms with Gasteiger partial charge in [0.2, 0.25) is 0 Å². The molecule has 4 heteroatoms. The molecule has 1 heterocycles. The standard InChI is InChI=1S/C17H19FN2O/c18-15-3-6-17(14(10-15)12-20-16-4-5-16)21-9-7-13-2-1-8-19-11-13/h1-3,6,8,10-11,16,20H,4-5,7,9,12H2. The summed E-state index contributed by atoms with van der Waals surface area (Å²) in [4.78, 5) is 4.08. The van der Waals surface area contributed by atoms with E-state index in [9.17, 15) is 4.39 Å². The summed E-state index contributed by atoms with van der Waals surface area (Å²) < 4.78 is 19.2. The van der Waals surface area contributed by atoms with Crippen LogP contribution in [-0.2, 0) is 13.0 Å². The Balaban J connectivity index is 1.58. The van der Waals surface area contributed by atoms with Gasteiger partial charge in [-0.2, -0.15) is 0 Å². The van der Waals surface area contributed by atoms with Crippen LogP contribution in [0.3, 0.4) is 0 Å². The van der Waals surface area contributed by atoms with Crippen LogP contribution in [0, 0.1) is 5.82 Å². The summed E-state index contributed by atoms with van der Waals surface area (Å²) in [6.45, 7) is 1.22. The van der Waals surface area contributed by atoms with E-state index < -0.39 is 0 Å². The van der Waals surface area contributed by atoms with E-state index in [1.165, 1.54) is 18.9 Å². The highest BCUT2D eigenvalue weighted by molar-refractivity contribution is 5.34. The fourth-order valence-corrected chi connectivity index (χ4v) is 2.19. The Kier molecular flexibility index (Phi) is 4.46. The molecule has 21 heavy (non-hydrogen) atoms. The number of rotatable bonds is 7. The second-order valence-electron chi connectivity index (χ2n) is 5.37. The second kappa shape index (κ2) is 6.68. The fourth-order valence-electron chi connectivity index (χ4n) is 2.19. The van der Waals surface area contributed by atoms with Crippen LogP contribution in [0.4, 0.5) is 4.39 Å². The Morgan fingerprint density at radius 1 is 1.29 bits per heavy atom. The first-order chi connectivity index (χ1) is 10.3. The zero-order valence-corrected chi connectivity index (χ0v) is 11.9.